The lowest BCUT2D eigenvalue weighted by Crippen LogP contribution is -2.12. The lowest BCUT2D eigenvalue weighted by atomic mass is 10.3. The molecule has 7 heteroatoms. The summed E-state index contributed by atoms with van der Waals surface area (Å²) in [4.78, 5) is 10.1. The molecule has 0 unspecified atom stereocenters. The second kappa shape index (κ2) is 4.28. The summed E-state index contributed by atoms with van der Waals surface area (Å²) in [5.74, 6) is -0.838. The van der Waals surface area contributed by atoms with Crippen molar-refractivity contribution in [2.75, 3.05) is 6.61 Å². The van der Waals surface area contributed by atoms with Crippen molar-refractivity contribution in [1.29, 1.82) is 0 Å². The Kier molecular flexibility index (Phi) is 3.28. The van der Waals surface area contributed by atoms with Crippen molar-refractivity contribution in [2.45, 2.75) is 4.90 Å². The average Bonchev–Trinajstić information content (AvgIpc) is 2.14. The molecule has 0 saturated heterocycles. The lowest BCUT2D eigenvalue weighted by molar-refractivity contribution is -0.139. The maximum Gasteiger partial charge on any atom is 0.341 e. The number of primary sulfonamides is 1. The Labute approximate surface area is 86.3 Å². The van der Waals surface area contributed by atoms with Crippen molar-refractivity contribution in [2.24, 2.45) is 5.14 Å². The van der Waals surface area contributed by atoms with Gasteiger partial charge in [0.1, 0.15) is 5.75 Å². The molecule has 1 aromatic rings. The first-order valence-corrected chi connectivity index (χ1v) is 5.41. The van der Waals surface area contributed by atoms with E-state index in [0.29, 0.717) is 0 Å². The summed E-state index contributed by atoms with van der Waals surface area (Å²) in [7, 11) is -3.72. The van der Waals surface area contributed by atoms with E-state index >= 15 is 0 Å². The molecule has 0 aliphatic carbocycles. The van der Waals surface area contributed by atoms with Gasteiger partial charge < -0.3 is 9.84 Å². The number of benzene rings is 1. The fourth-order valence-corrected chi connectivity index (χ4v) is 1.39. The molecule has 0 saturated carbocycles. The summed E-state index contributed by atoms with van der Waals surface area (Å²) in [6.07, 6.45) is 0. The first-order chi connectivity index (χ1) is 6.89. The zero-order valence-electron chi connectivity index (χ0n) is 7.58. The van der Waals surface area contributed by atoms with Gasteiger partial charge in [-0.2, -0.15) is 0 Å². The highest BCUT2D eigenvalue weighted by Crippen LogP contribution is 2.14. The van der Waals surface area contributed by atoms with E-state index in [1.54, 1.807) is 0 Å². The number of ether oxygens (including phenoxy) is 1. The van der Waals surface area contributed by atoms with Gasteiger partial charge in [-0.25, -0.2) is 18.4 Å². The summed E-state index contributed by atoms with van der Waals surface area (Å²) in [6.45, 7) is -0.477. The summed E-state index contributed by atoms with van der Waals surface area (Å²) >= 11 is 0. The molecule has 0 radical (unpaired) electrons. The molecule has 15 heavy (non-hydrogen) atoms. The lowest BCUT2D eigenvalue weighted by Gasteiger charge is -2.03. The third kappa shape index (κ3) is 3.56. The van der Waals surface area contributed by atoms with Crippen molar-refractivity contribution in [3.8, 4) is 5.75 Å². The predicted octanol–water partition coefficient (Wildman–Crippen LogP) is -0.203. The normalized spacial score (nSPS) is 11.0. The Morgan fingerprint density at radius 2 is 1.87 bits per heavy atom. The minimum absolute atomic E-state index is 0.0508. The van der Waals surface area contributed by atoms with Crippen LogP contribution in [0, 0.1) is 0 Å². The monoisotopic (exact) mass is 231 g/mol. The number of hydrogen-bond acceptors (Lipinski definition) is 4. The molecule has 82 valence electrons. The van der Waals surface area contributed by atoms with Crippen LogP contribution in [-0.2, 0) is 14.8 Å². The van der Waals surface area contributed by atoms with Crippen LogP contribution in [0.1, 0.15) is 0 Å². The molecule has 0 atom stereocenters. The van der Waals surface area contributed by atoms with Crippen LogP contribution in [0.3, 0.4) is 0 Å². The molecular weight excluding hydrogens is 222 g/mol. The van der Waals surface area contributed by atoms with Crippen LogP contribution in [-0.4, -0.2) is 26.1 Å². The van der Waals surface area contributed by atoms with E-state index in [-0.39, 0.29) is 10.6 Å². The standard InChI is InChI=1S/C8H9NO5S/c9-15(12,13)7-3-1-6(2-4-7)14-5-8(10)11/h1-4H,5H2,(H,10,11)(H2,9,12,13). The Hall–Kier alpha value is -1.60. The summed E-state index contributed by atoms with van der Waals surface area (Å²) in [5.41, 5.74) is 0. The SMILES string of the molecule is NS(=O)(=O)c1ccc(OCC(=O)O)cc1. The Morgan fingerprint density at radius 1 is 1.33 bits per heavy atom. The van der Waals surface area contributed by atoms with Gasteiger partial charge in [-0.1, -0.05) is 0 Å². The molecule has 0 fully saturated rings. The van der Waals surface area contributed by atoms with Gasteiger partial charge in [-0.15, -0.1) is 0 Å². The van der Waals surface area contributed by atoms with Gasteiger partial charge in [0.05, 0.1) is 4.90 Å². The smallest absolute Gasteiger partial charge is 0.341 e. The minimum Gasteiger partial charge on any atom is -0.482 e. The van der Waals surface area contributed by atoms with Crippen molar-refractivity contribution < 1.29 is 23.1 Å². The van der Waals surface area contributed by atoms with E-state index in [9.17, 15) is 13.2 Å². The van der Waals surface area contributed by atoms with Gasteiger partial charge in [0.25, 0.3) is 0 Å². The van der Waals surface area contributed by atoms with E-state index in [4.69, 9.17) is 15.0 Å². The van der Waals surface area contributed by atoms with Crippen molar-refractivity contribution >= 4 is 16.0 Å². The molecule has 3 N–H and O–H groups in total. The van der Waals surface area contributed by atoms with Crippen molar-refractivity contribution in [1.82, 2.24) is 0 Å². The van der Waals surface area contributed by atoms with E-state index in [2.05, 4.69) is 0 Å². The van der Waals surface area contributed by atoms with Crippen LogP contribution in [0.5, 0.6) is 5.75 Å². The van der Waals surface area contributed by atoms with E-state index in [1.807, 2.05) is 0 Å². The fourth-order valence-electron chi connectivity index (χ4n) is 0.871. The molecule has 0 aliphatic rings. The number of rotatable bonds is 4. The van der Waals surface area contributed by atoms with Crippen molar-refractivity contribution in [3.63, 3.8) is 0 Å². The molecule has 0 aromatic heterocycles. The Morgan fingerprint density at radius 3 is 2.27 bits per heavy atom. The van der Waals surface area contributed by atoms with Gasteiger partial charge in [0.2, 0.25) is 10.0 Å². The number of sulfonamides is 1. The second-order valence-corrected chi connectivity index (χ2v) is 4.26. The van der Waals surface area contributed by atoms with Gasteiger partial charge in [-0.05, 0) is 24.3 Å². The third-order valence-electron chi connectivity index (χ3n) is 1.51. The number of carboxylic acids is 1. The number of nitrogens with two attached hydrogens (primary N) is 1. The molecule has 0 heterocycles. The molecule has 0 spiro atoms. The quantitative estimate of drug-likeness (QED) is 0.746. The highest BCUT2D eigenvalue weighted by molar-refractivity contribution is 7.89. The Bertz CT molecular complexity index is 450. The first-order valence-electron chi connectivity index (χ1n) is 3.87. The van der Waals surface area contributed by atoms with Crippen LogP contribution in [0.25, 0.3) is 0 Å². The molecular formula is C8H9NO5S. The van der Waals surface area contributed by atoms with E-state index in [1.165, 1.54) is 24.3 Å². The van der Waals surface area contributed by atoms with Crippen LogP contribution in [0.2, 0.25) is 0 Å². The zero-order chi connectivity index (χ0) is 11.5. The minimum atomic E-state index is -3.72. The van der Waals surface area contributed by atoms with Crippen LogP contribution in [0.15, 0.2) is 29.2 Å². The van der Waals surface area contributed by atoms with Gasteiger partial charge in [0.15, 0.2) is 6.61 Å². The fraction of sp³-hybridized carbons (Fsp3) is 0.125. The van der Waals surface area contributed by atoms with E-state index in [0.717, 1.165) is 0 Å². The van der Waals surface area contributed by atoms with Gasteiger partial charge >= 0.3 is 5.97 Å². The van der Waals surface area contributed by atoms with Crippen LogP contribution >= 0.6 is 0 Å². The first kappa shape index (κ1) is 11.5. The largest absolute Gasteiger partial charge is 0.482 e. The average molecular weight is 231 g/mol. The molecule has 0 bridgehead atoms. The Balaban J connectivity index is 2.77. The molecule has 0 amide bonds. The summed E-state index contributed by atoms with van der Waals surface area (Å²) in [6, 6.07) is 5.16. The summed E-state index contributed by atoms with van der Waals surface area (Å²) in [5, 5.41) is 13.2. The number of carbonyl (C=O) groups is 1. The van der Waals surface area contributed by atoms with Crippen LogP contribution in [0.4, 0.5) is 0 Å². The highest BCUT2D eigenvalue weighted by atomic mass is 32.2. The maximum atomic E-state index is 10.9. The number of aliphatic carboxylic acids is 1. The maximum absolute atomic E-state index is 10.9. The summed E-state index contributed by atoms with van der Waals surface area (Å²) < 4.78 is 26.5. The molecule has 1 aromatic carbocycles. The van der Waals surface area contributed by atoms with Gasteiger partial charge in [-0.3, -0.25) is 0 Å². The number of hydrogen-bond donors (Lipinski definition) is 2. The molecule has 1 rings (SSSR count). The molecule has 0 aliphatic heterocycles. The predicted molar refractivity (Wildman–Crippen MR) is 50.9 cm³/mol. The van der Waals surface area contributed by atoms with Crippen LogP contribution < -0.4 is 9.88 Å². The topological polar surface area (TPSA) is 107 Å². The second-order valence-electron chi connectivity index (χ2n) is 2.70. The van der Waals surface area contributed by atoms with Crippen molar-refractivity contribution in [3.05, 3.63) is 24.3 Å². The highest BCUT2D eigenvalue weighted by Gasteiger charge is 2.07. The number of carboxylic acid groups (broad SMARTS) is 1. The third-order valence-corrected chi connectivity index (χ3v) is 2.44. The van der Waals surface area contributed by atoms with Gasteiger partial charge in [0, 0.05) is 0 Å². The molecule has 6 nitrogen and oxygen atoms in total. The van der Waals surface area contributed by atoms with E-state index < -0.39 is 22.6 Å². The zero-order valence-corrected chi connectivity index (χ0v) is 8.40.